The summed E-state index contributed by atoms with van der Waals surface area (Å²) < 4.78 is 34.4. The molecule has 28 heavy (non-hydrogen) atoms. The van der Waals surface area contributed by atoms with Crippen LogP contribution in [0.15, 0.2) is 63.9 Å². The van der Waals surface area contributed by atoms with Crippen molar-refractivity contribution in [1.82, 2.24) is 4.90 Å². The van der Waals surface area contributed by atoms with Crippen molar-refractivity contribution in [3.63, 3.8) is 0 Å². The zero-order valence-corrected chi connectivity index (χ0v) is 16.6. The minimum absolute atomic E-state index is 0.0897. The van der Waals surface area contributed by atoms with Crippen molar-refractivity contribution in [3.8, 4) is 5.75 Å². The molecule has 0 bridgehead atoms. The van der Waals surface area contributed by atoms with E-state index in [1.54, 1.807) is 31.2 Å². The van der Waals surface area contributed by atoms with Crippen LogP contribution in [-0.2, 0) is 14.8 Å². The summed E-state index contributed by atoms with van der Waals surface area (Å²) in [6.07, 6.45) is 0.859. The fraction of sp³-hybridized carbons (Fsp3) is 0.300. The number of para-hydroxylation sites is 1. The summed E-state index contributed by atoms with van der Waals surface area (Å²) in [6.45, 7) is 2.46. The van der Waals surface area contributed by atoms with Gasteiger partial charge in [0.2, 0.25) is 0 Å². The molecule has 0 aliphatic carbocycles. The van der Waals surface area contributed by atoms with Crippen molar-refractivity contribution in [2.24, 2.45) is 4.40 Å². The largest absolute Gasteiger partial charge is 0.481 e. The van der Waals surface area contributed by atoms with Crippen molar-refractivity contribution < 1.29 is 17.9 Å². The predicted molar refractivity (Wildman–Crippen MR) is 108 cm³/mol. The molecular formula is C20H23N3O4S. The van der Waals surface area contributed by atoms with E-state index in [9.17, 15) is 13.2 Å². The van der Waals surface area contributed by atoms with Crippen molar-refractivity contribution in [2.45, 2.75) is 30.8 Å². The Morgan fingerprint density at radius 1 is 1.14 bits per heavy atom. The summed E-state index contributed by atoms with van der Waals surface area (Å²) >= 11 is 0. The van der Waals surface area contributed by atoms with E-state index in [1.165, 1.54) is 12.1 Å². The SMILES string of the molecule is C[C@@H](Oc1ccccc1)C(=O)Nc1ccc(S(=O)(=O)N=C2CCCN2C)cc1. The van der Waals surface area contributed by atoms with E-state index in [1.807, 2.05) is 30.1 Å². The molecule has 1 aliphatic heterocycles. The number of carbonyl (C=O) groups excluding carboxylic acids is 1. The minimum atomic E-state index is -3.77. The highest BCUT2D eigenvalue weighted by Crippen LogP contribution is 2.19. The molecule has 1 N–H and O–H groups in total. The molecule has 8 heteroatoms. The molecule has 148 valence electrons. The molecule has 1 fully saturated rings. The van der Waals surface area contributed by atoms with Gasteiger partial charge in [0.25, 0.3) is 15.9 Å². The van der Waals surface area contributed by atoms with Gasteiger partial charge in [0, 0.05) is 25.7 Å². The Hall–Kier alpha value is -2.87. The molecular weight excluding hydrogens is 378 g/mol. The molecule has 0 spiro atoms. The van der Waals surface area contributed by atoms with Crippen molar-refractivity contribution in [3.05, 3.63) is 54.6 Å². The number of hydrogen-bond acceptors (Lipinski definition) is 4. The van der Waals surface area contributed by atoms with Gasteiger partial charge in [-0.25, -0.2) is 0 Å². The smallest absolute Gasteiger partial charge is 0.283 e. The number of benzene rings is 2. The van der Waals surface area contributed by atoms with Gasteiger partial charge in [0.05, 0.1) is 4.90 Å². The number of rotatable bonds is 6. The second kappa shape index (κ2) is 8.43. The van der Waals surface area contributed by atoms with Crippen molar-refractivity contribution in [2.75, 3.05) is 18.9 Å². The number of sulfonamides is 1. The number of amidine groups is 1. The van der Waals surface area contributed by atoms with Crippen LogP contribution < -0.4 is 10.1 Å². The highest BCUT2D eigenvalue weighted by molar-refractivity contribution is 7.90. The van der Waals surface area contributed by atoms with Crippen LogP contribution in [0.4, 0.5) is 5.69 Å². The van der Waals surface area contributed by atoms with E-state index in [4.69, 9.17) is 4.74 Å². The van der Waals surface area contributed by atoms with Gasteiger partial charge in [0.1, 0.15) is 11.6 Å². The van der Waals surface area contributed by atoms with Gasteiger partial charge in [-0.2, -0.15) is 8.42 Å². The van der Waals surface area contributed by atoms with Gasteiger partial charge < -0.3 is 15.0 Å². The quantitative estimate of drug-likeness (QED) is 0.804. The Balaban J connectivity index is 1.64. The lowest BCUT2D eigenvalue weighted by Gasteiger charge is -2.15. The van der Waals surface area contributed by atoms with Crippen LogP contribution in [0.3, 0.4) is 0 Å². The molecule has 1 heterocycles. The highest BCUT2D eigenvalue weighted by atomic mass is 32.2. The number of carbonyl (C=O) groups is 1. The van der Waals surface area contributed by atoms with Gasteiger partial charge in [-0.15, -0.1) is 4.40 Å². The predicted octanol–water partition coefficient (Wildman–Crippen LogP) is 2.91. The Kier molecular flexibility index (Phi) is 5.99. The van der Waals surface area contributed by atoms with Gasteiger partial charge in [-0.1, -0.05) is 18.2 Å². The zero-order valence-electron chi connectivity index (χ0n) is 15.8. The summed E-state index contributed by atoms with van der Waals surface area (Å²) in [7, 11) is -1.94. The maximum Gasteiger partial charge on any atom is 0.283 e. The lowest BCUT2D eigenvalue weighted by atomic mass is 10.3. The van der Waals surface area contributed by atoms with E-state index in [0.717, 1.165) is 13.0 Å². The Morgan fingerprint density at radius 2 is 1.82 bits per heavy atom. The summed E-state index contributed by atoms with van der Waals surface area (Å²) in [6, 6.07) is 15.0. The van der Waals surface area contributed by atoms with Crippen LogP contribution in [0, 0.1) is 0 Å². The average Bonchev–Trinajstić information content (AvgIpc) is 3.07. The highest BCUT2D eigenvalue weighted by Gasteiger charge is 2.20. The van der Waals surface area contributed by atoms with E-state index in [2.05, 4.69) is 9.71 Å². The summed E-state index contributed by atoms with van der Waals surface area (Å²) in [5.41, 5.74) is 0.484. The third-order valence-corrected chi connectivity index (χ3v) is 5.72. The first-order valence-electron chi connectivity index (χ1n) is 9.03. The molecule has 0 radical (unpaired) electrons. The van der Waals surface area contributed by atoms with Crippen LogP contribution in [0.25, 0.3) is 0 Å². The second-order valence-corrected chi connectivity index (χ2v) is 8.20. The molecule has 1 atom stereocenters. The number of likely N-dealkylation sites (tertiary alicyclic amines) is 1. The fourth-order valence-electron chi connectivity index (χ4n) is 2.81. The van der Waals surface area contributed by atoms with Crippen LogP contribution in [0.2, 0.25) is 0 Å². The van der Waals surface area contributed by atoms with Gasteiger partial charge in [-0.05, 0) is 49.7 Å². The monoisotopic (exact) mass is 401 g/mol. The summed E-state index contributed by atoms with van der Waals surface area (Å²) in [5, 5.41) is 2.72. The van der Waals surface area contributed by atoms with E-state index in [0.29, 0.717) is 23.7 Å². The van der Waals surface area contributed by atoms with Crippen LogP contribution >= 0.6 is 0 Å². The number of nitrogens with zero attached hydrogens (tertiary/aromatic N) is 2. The molecule has 0 aromatic heterocycles. The van der Waals surface area contributed by atoms with E-state index >= 15 is 0 Å². The zero-order chi connectivity index (χ0) is 20.1. The molecule has 1 aliphatic rings. The summed E-state index contributed by atoms with van der Waals surface area (Å²) in [5.74, 6) is 0.846. The molecule has 7 nitrogen and oxygen atoms in total. The standard InChI is InChI=1S/C20H23N3O4S/c1-15(27-17-7-4-3-5-8-17)20(24)21-16-10-12-18(13-11-16)28(25,26)22-19-9-6-14-23(19)2/h3-5,7-8,10-13,15H,6,9,14H2,1-2H3,(H,21,24)/t15-/m1/s1. The molecule has 0 saturated carbocycles. The third-order valence-electron chi connectivity index (χ3n) is 4.41. The normalized spacial score (nSPS) is 16.8. The minimum Gasteiger partial charge on any atom is -0.481 e. The first kappa shape index (κ1) is 19.9. The number of anilines is 1. The molecule has 0 unspecified atom stereocenters. The van der Waals surface area contributed by atoms with Crippen LogP contribution in [0.5, 0.6) is 5.75 Å². The maximum atomic E-state index is 12.5. The number of nitrogens with one attached hydrogen (secondary N) is 1. The molecule has 2 aromatic rings. The molecule has 1 amide bonds. The Morgan fingerprint density at radius 3 is 2.43 bits per heavy atom. The second-order valence-electron chi connectivity index (χ2n) is 6.59. The third kappa shape index (κ3) is 4.89. The van der Waals surface area contributed by atoms with Crippen LogP contribution in [0.1, 0.15) is 19.8 Å². The molecule has 1 saturated heterocycles. The lowest BCUT2D eigenvalue weighted by Crippen LogP contribution is -2.30. The molecule has 2 aromatic carbocycles. The van der Waals surface area contributed by atoms with Gasteiger partial charge in [-0.3, -0.25) is 4.79 Å². The van der Waals surface area contributed by atoms with Gasteiger partial charge in [0.15, 0.2) is 6.10 Å². The van der Waals surface area contributed by atoms with E-state index < -0.39 is 16.1 Å². The van der Waals surface area contributed by atoms with Gasteiger partial charge >= 0.3 is 0 Å². The average molecular weight is 401 g/mol. The number of amides is 1. The number of ether oxygens (including phenoxy) is 1. The first-order chi connectivity index (χ1) is 13.3. The van der Waals surface area contributed by atoms with Crippen LogP contribution in [-0.4, -0.2) is 44.8 Å². The first-order valence-corrected chi connectivity index (χ1v) is 10.5. The van der Waals surface area contributed by atoms with E-state index in [-0.39, 0.29) is 10.8 Å². The van der Waals surface area contributed by atoms with Crippen molar-refractivity contribution in [1.29, 1.82) is 0 Å². The topological polar surface area (TPSA) is 88.1 Å². The number of hydrogen-bond donors (Lipinski definition) is 1. The lowest BCUT2D eigenvalue weighted by molar-refractivity contribution is -0.122. The molecule has 3 rings (SSSR count). The Bertz CT molecular complexity index is 957. The summed E-state index contributed by atoms with van der Waals surface area (Å²) in [4.78, 5) is 14.2. The van der Waals surface area contributed by atoms with Crippen molar-refractivity contribution >= 4 is 27.5 Å². The fourth-order valence-corrected chi connectivity index (χ4v) is 3.91. The maximum absolute atomic E-state index is 12.5. The Labute approximate surface area is 165 Å².